The van der Waals surface area contributed by atoms with Crippen LogP contribution in [0.25, 0.3) is 0 Å². The van der Waals surface area contributed by atoms with Gasteiger partial charge in [0, 0.05) is 13.1 Å². The van der Waals surface area contributed by atoms with Crippen molar-refractivity contribution in [3.63, 3.8) is 0 Å². The van der Waals surface area contributed by atoms with Gasteiger partial charge in [0.05, 0.1) is 24.5 Å². The average molecular weight is 318 g/mol. The van der Waals surface area contributed by atoms with E-state index in [1.165, 1.54) is 4.90 Å². The molecule has 6 nitrogen and oxygen atoms in total. The zero-order chi connectivity index (χ0) is 16.1. The highest BCUT2D eigenvalue weighted by molar-refractivity contribution is 6.08. The van der Waals surface area contributed by atoms with Crippen molar-refractivity contribution in [1.29, 1.82) is 0 Å². The van der Waals surface area contributed by atoms with Gasteiger partial charge in [-0.15, -0.1) is 0 Å². The van der Waals surface area contributed by atoms with Gasteiger partial charge >= 0.3 is 0 Å². The average Bonchev–Trinajstić information content (AvgIpc) is 3.24. The first-order valence-electron chi connectivity index (χ1n) is 8.53. The summed E-state index contributed by atoms with van der Waals surface area (Å²) in [6, 6.07) is 0. The maximum absolute atomic E-state index is 12.6. The summed E-state index contributed by atoms with van der Waals surface area (Å²) < 4.78 is 5.57. The third-order valence-electron chi connectivity index (χ3n) is 5.80. The molecular weight excluding hydrogens is 296 g/mol. The Balaban J connectivity index is 1.44. The number of fused-ring (bicyclic) bond motifs is 5. The van der Waals surface area contributed by atoms with Crippen molar-refractivity contribution < 1.29 is 19.1 Å². The molecule has 2 aliphatic heterocycles. The van der Waals surface area contributed by atoms with Crippen molar-refractivity contribution in [2.24, 2.45) is 23.7 Å². The number of ether oxygens (including phenoxy) is 1. The van der Waals surface area contributed by atoms with Gasteiger partial charge in [0.25, 0.3) is 0 Å². The van der Waals surface area contributed by atoms with Crippen LogP contribution in [0.1, 0.15) is 19.8 Å². The van der Waals surface area contributed by atoms with Crippen molar-refractivity contribution in [2.45, 2.75) is 25.9 Å². The van der Waals surface area contributed by atoms with E-state index < -0.39 is 0 Å². The Hall–Kier alpha value is -1.69. The molecule has 124 valence electrons. The fourth-order valence-electron chi connectivity index (χ4n) is 4.55. The lowest BCUT2D eigenvalue weighted by atomic mass is 9.85. The molecule has 1 saturated carbocycles. The van der Waals surface area contributed by atoms with E-state index in [1.807, 2.05) is 6.92 Å². The van der Waals surface area contributed by atoms with Gasteiger partial charge in [-0.25, -0.2) is 0 Å². The van der Waals surface area contributed by atoms with Crippen LogP contribution in [0.4, 0.5) is 0 Å². The van der Waals surface area contributed by atoms with Crippen LogP contribution in [-0.4, -0.2) is 59.9 Å². The number of allylic oxidation sites excluding steroid dienone is 2. The first-order valence-corrected chi connectivity index (χ1v) is 8.53. The smallest absolute Gasteiger partial charge is 0.242 e. The van der Waals surface area contributed by atoms with Crippen molar-refractivity contribution in [2.75, 3.05) is 26.2 Å². The molecule has 3 fully saturated rings. The van der Waals surface area contributed by atoms with E-state index in [0.717, 1.165) is 12.8 Å². The summed E-state index contributed by atoms with van der Waals surface area (Å²) in [6.07, 6.45) is 5.95. The van der Waals surface area contributed by atoms with Gasteiger partial charge < -0.3 is 9.64 Å². The minimum absolute atomic E-state index is 0.0529. The van der Waals surface area contributed by atoms with Crippen LogP contribution in [0.15, 0.2) is 12.2 Å². The lowest BCUT2D eigenvalue weighted by molar-refractivity contribution is -0.150. The normalized spacial score (nSPS) is 38.6. The molecule has 0 radical (unpaired) electrons. The summed E-state index contributed by atoms with van der Waals surface area (Å²) in [5, 5.41) is 0. The second-order valence-corrected chi connectivity index (χ2v) is 7.00. The number of carbonyl (C=O) groups is 3. The summed E-state index contributed by atoms with van der Waals surface area (Å²) in [5.74, 6) is -0.509. The number of likely N-dealkylation sites (tertiary alicyclic amines) is 1. The van der Waals surface area contributed by atoms with Crippen LogP contribution in [0.2, 0.25) is 0 Å². The largest absolute Gasteiger partial charge is 0.375 e. The molecule has 4 rings (SSSR count). The second-order valence-electron chi connectivity index (χ2n) is 7.00. The standard InChI is InChI=1S/C17H22N2O4/c1-2-12-8-18(5-6-23-12)13(20)9-19-16(21)14-10-3-4-11(7-10)15(14)17(19)22/h3-4,10-12,14-15H,2,5-9H2,1H3. The molecule has 4 aliphatic rings. The minimum atomic E-state index is -0.224. The Labute approximate surface area is 135 Å². The Morgan fingerprint density at radius 3 is 2.48 bits per heavy atom. The maximum Gasteiger partial charge on any atom is 0.242 e. The lowest BCUT2D eigenvalue weighted by Gasteiger charge is -2.33. The predicted octanol–water partition coefficient (Wildman–Crippen LogP) is 0.431. The number of hydrogen-bond donors (Lipinski definition) is 0. The molecular formula is C17H22N2O4. The van der Waals surface area contributed by atoms with Gasteiger partial charge in [-0.2, -0.15) is 0 Å². The summed E-state index contributed by atoms with van der Waals surface area (Å²) in [7, 11) is 0. The van der Waals surface area contributed by atoms with E-state index in [4.69, 9.17) is 4.74 Å². The van der Waals surface area contributed by atoms with Crippen LogP contribution < -0.4 is 0 Å². The minimum Gasteiger partial charge on any atom is -0.375 e. The molecule has 0 spiro atoms. The third kappa shape index (κ3) is 2.23. The van der Waals surface area contributed by atoms with Crippen LogP contribution in [0.3, 0.4) is 0 Å². The summed E-state index contributed by atoms with van der Waals surface area (Å²) in [5.41, 5.74) is 0. The van der Waals surface area contributed by atoms with Crippen LogP contribution in [-0.2, 0) is 19.1 Å². The molecule has 2 saturated heterocycles. The van der Waals surface area contributed by atoms with E-state index in [-0.39, 0.29) is 54.0 Å². The van der Waals surface area contributed by atoms with Crippen molar-refractivity contribution in [3.8, 4) is 0 Å². The van der Waals surface area contributed by atoms with Crippen molar-refractivity contribution >= 4 is 17.7 Å². The number of amides is 3. The lowest BCUT2D eigenvalue weighted by Crippen LogP contribution is -2.50. The van der Waals surface area contributed by atoms with Crippen molar-refractivity contribution in [1.82, 2.24) is 9.80 Å². The van der Waals surface area contributed by atoms with E-state index in [2.05, 4.69) is 12.2 Å². The summed E-state index contributed by atoms with van der Waals surface area (Å²) in [4.78, 5) is 40.6. The highest BCUT2D eigenvalue weighted by atomic mass is 16.5. The molecule has 2 bridgehead atoms. The molecule has 6 heteroatoms. The number of nitrogens with zero attached hydrogens (tertiary/aromatic N) is 2. The van der Waals surface area contributed by atoms with Crippen LogP contribution in [0.5, 0.6) is 0 Å². The number of morpholine rings is 1. The molecule has 2 aliphatic carbocycles. The van der Waals surface area contributed by atoms with Gasteiger partial charge in [-0.05, 0) is 24.7 Å². The molecule has 0 aromatic carbocycles. The van der Waals surface area contributed by atoms with Crippen LogP contribution >= 0.6 is 0 Å². The second kappa shape index (κ2) is 5.44. The molecule has 0 aromatic heterocycles. The molecule has 5 atom stereocenters. The van der Waals surface area contributed by atoms with E-state index in [0.29, 0.717) is 19.7 Å². The number of imide groups is 1. The van der Waals surface area contributed by atoms with Gasteiger partial charge in [-0.3, -0.25) is 19.3 Å². The van der Waals surface area contributed by atoms with Crippen molar-refractivity contribution in [3.05, 3.63) is 12.2 Å². The van der Waals surface area contributed by atoms with Gasteiger partial charge in [0.2, 0.25) is 17.7 Å². The SMILES string of the molecule is CCC1CN(C(=O)CN2C(=O)C3C4C=CC(C4)C3C2=O)CCO1. The van der Waals surface area contributed by atoms with Gasteiger partial charge in [-0.1, -0.05) is 19.1 Å². The number of hydrogen-bond acceptors (Lipinski definition) is 4. The van der Waals surface area contributed by atoms with Gasteiger partial charge in [0.1, 0.15) is 6.54 Å². The fourth-order valence-corrected chi connectivity index (χ4v) is 4.55. The highest BCUT2D eigenvalue weighted by Gasteiger charge is 2.59. The van der Waals surface area contributed by atoms with E-state index >= 15 is 0 Å². The Morgan fingerprint density at radius 1 is 1.22 bits per heavy atom. The van der Waals surface area contributed by atoms with Gasteiger partial charge in [0.15, 0.2) is 0 Å². The Bertz CT molecular complexity index is 557. The first kappa shape index (κ1) is 14.9. The van der Waals surface area contributed by atoms with E-state index in [9.17, 15) is 14.4 Å². The zero-order valence-corrected chi connectivity index (χ0v) is 13.3. The quantitative estimate of drug-likeness (QED) is 0.559. The monoisotopic (exact) mass is 318 g/mol. The molecule has 23 heavy (non-hydrogen) atoms. The molecule has 5 unspecified atom stereocenters. The highest BCUT2D eigenvalue weighted by Crippen LogP contribution is 2.52. The molecule has 0 N–H and O–H groups in total. The first-order chi connectivity index (χ1) is 11.1. The predicted molar refractivity (Wildman–Crippen MR) is 81.0 cm³/mol. The maximum atomic E-state index is 12.6. The molecule has 3 amide bonds. The topological polar surface area (TPSA) is 66.9 Å². The fraction of sp³-hybridized carbons (Fsp3) is 0.706. The zero-order valence-electron chi connectivity index (χ0n) is 13.3. The Kier molecular flexibility index (Phi) is 3.52. The third-order valence-corrected chi connectivity index (χ3v) is 5.80. The Morgan fingerprint density at radius 2 is 1.87 bits per heavy atom. The summed E-state index contributed by atoms with van der Waals surface area (Å²) >= 11 is 0. The number of rotatable bonds is 3. The van der Waals surface area contributed by atoms with Crippen LogP contribution in [0, 0.1) is 23.7 Å². The molecule has 0 aromatic rings. The number of carbonyl (C=O) groups excluding carboxylic acids is 3. The molecule has 2 heterocycles. The van der Waals surface area contributed by atoms with E-state index in [1.54, 1.807) is 4.90 Å². The summed E-state index contributed by atoms with van der Waals surface area (Å²) in [6.45, 7) is 3.51.